The Balaban J connectivity index is 1.86. The van der Waals surface area contributed by atoms with Crippen LogP contribution in [0.3, 0.4) is 0 Å². The normalized spacial score (nSPS) is 21.9. The van der Waals surface area contributed by atoms with E-state index in [0.29, 0.717) is 0 Å². The van der Waals surface area contributed by atoms with Crippen molar-refractivity contribution in [1.82, 2.24) is 0 Å². The molecule has 3 aliphatic rings. The molecule has 3 aromatic carbocycles. The van der Waals surface area contributed by atoms with E-state index in [9.17, 15) is 9.59 Å². The lowest BCUT2D eigenvalue weighted by atomic mass is 9.55. The highest BCUT2D eigenvalue weighted by Crippen LogP contribution is 2.67. The molecule has 0 N–H and O–H groups in total. The fraction of sp³-hybridized carbons (Fsp3) is 0.103. The number of cyclic esters (lactones) is 2. The van der Waals surface area contributed by atoms with E-state index >= 15 is 0 Å². The molecule has 6 rings (SSSR count). The first kappa shape index (κ1) is 18.8. The van der Waals surface area contributed by atoms with Gasteiger partial charge in [0.15, 0.2) is 0 Å². The topological polar surface area (TPSA) is 43.4 Å². The molecule has 3 nitrogen and oxygen atoms in total. The molecule has 32 heavy (non-hydrogen) atoms. The van der Waals surface area contributed by atoms with E-state index in [2.05, 4.69) is 6.58 Å². The molecule has 0 radical (unpaired) electrons. The molecule has 0 amide bonds. The van der Waals surface area contributed by atoms with Gasteiger partial charge in [-0.1, -0.05) is 97.6 Å². The van der Waals surface area contributed by atoms with Crippen molar-refractivity contribution in [2.45, 2.75) is 17.8 Å². The first-order valence-electron chi connectivity index (χ1n) is 10.7. The second-order valence-electron chi connectivity index (χ2n) is 8.45. The minimum absolute atomic E-state index is 0.520. The zero-order chi connectivity index (χ0) is 22.1. The van der Waals surface area contributed by atoms with E-state index in [1.807, 2.05) is 91.9 Å². The summed E-state index contributed by atoms with van der Waals surface area (Å²) in [6.07, 6.45) is 5.42. The van der Waals surface area contributed by atoms with Gasteiger partial charge in [-0.2, -0.15) is 0 Å². The lowest BCUT2D eigenvalue weighted by Gasteiger charge is -2.38. The van der Waals surface area contributed by atoms with Crippen LogP contribution in [0.25, 0.3) is 16.7 Å². The fourth-order valence-electron chi connectivity index (χ4n) is 6.15. The van der Waals surface area contributed by atoms with Gasteiger partial charge < -0.3 is 4.74 Å². The van der Waals surface area contributed by atoms with Crippen LogP contribution in [0.15, 0.2) is 103 Å². The van der Waals surface area contributed by atoms with Crippen molar-refractivity contribution < 1.29 is 14.3 Å². The maximum atomic E-state index is 13.9. The van der Waals surface area contributed by atoms with Crippen LogP contribution in [-0.4, -0.2) is 11.9 Å². The quantitative estimate of drug-likeness (QED) is 0.315. The third-order valence-electron chi connectivity index (χ3n) is 7.25. The van der Waals surface area contributed by atoms with Crippen molar-refractivity contribution in [1.29, 1.82) is 0 Å². The molecule has 0 bridgehead atoms. The smallest absolute Gasteiger partial charge is 0.330 e. The average molecular weight is 416 g/mol. The van der Waals surface area contributed by atoms with Crippen molar-refractivity contribution >= 4 is 17.5 Å². The Morgan fingerprint density at radius 2 is 1.19 bits per heavy atom. The number of carbonyl (C=O) groups excluding carboxylic acids is 2. The van der Waals surface area contributed by atoms with Gasteiger partial charge in [-0.15, -0.1) is 0 Å². The summed E-state index contributed by atoms with van der Waals surface area (Å²) in [6.45, 7) is 5.82. The molecule has 1 unspecified atom stereocenters. The third-order valence-corrected chi connectivity index (χ3v) is 7.25. The van der Waals surface area contributed by atoms with E-state index in [0.717, 1.165) is 44.5 Å². The lowest BCUT2D eigenvalue weighted by molar-refractivity contribution is -0.154. The van der Waals surface area contributed by atoms with Gasteiger partial charge in [-0.3, -0.25) is 9.59 Å². The van der Waals surface area contributed by atoms with E-state index in [1.165, 1.54) is 0 Å². The fourth-order valence-corrected chi connectivity index (χ4v) is 6.15. The summed E-state index contributed by atoms with van der Waals surface area (Å²) in [5.74, 6) is -1.05. The van der Waals surface area contributed by atoms with Crippen LogP contribution in [0.5, 0.6) is 0 Å². The zero-order valence-corrected chi connectivity index (χ0v) is 17.6. The van der Waals surface area contributed by atoms with Gasteiger partial charge in [-0.25, -0.2) is 0 Å². The molecule has 0 saturated carbocycles. The molecule has 154 valence electrons. The Hall–Kier alpha value is -3.98. The molecule has 0 aromatic heterocycles. The molecule has 2 spiro atoms. The number of rotatable bonds is 2. The lowest BCUT2D eigenvalue weighted by Crippen LogP contribution is -2.51. The highest BCUT2D eigenvalue weighted by Gasteiger charge is 2.76. The Morgan fingerprint density at radius 1 is 0.719 bits per heavy atom. The predicted octanol–water partition coefficient (Wildman–Crippen LogP) is 5.50. The SMILES string of the molecule is C=C/C=C\C1=C(C)c2ccccc2C12C(=O)OC(=O)C21c2ccccc2-c2ccccc21. The molecular weight excluding hydrogens is 396 g/mol. The van der Waals surface area contributed by atoms with Crippen LogP contribution in [0.4, 0.5) is 0 Å². The first-order valence-corrected chi connectivity index (χ1v) is 10.7. The minimum atomic E-state index is -1.31. The zero-order valence-electron chi connectivity index (χ0n) is 17.6. The number of hydrogen-bond acceptors (Lipinski definition) is 3. The maximum absolute atomic E-state index is 13.9. The number of hydrogen-bond donors (Lipinski definition) is 0. The van der Waals surface area contributed by atoms with E-state index in [1.54, 1.807) is 6.08 Å². The van der Waals surface area contributed by atoms with Crippen molar-refractivity contribution in [2.24, 2.45) is 0 Å². The standard InChI is InChI=1S/C29H20O3/c1-3-4-14-22-18(2)19-11-5-8-15-23(19)28(22)26(30)32-27(31)29(28)24-16-9-6-12-20(24)21-13-7-10-17-25(21)29/h3-17H,1H2,2H3/b14-4-. The van der Waals surface area contributed by atoms with Crippen molar-refractivity contribution in [2.75, 3.05) is 0 Å². The van der Waals surface area contributed by atoms with E-state index in [4.69, 9.17) is 4.74 Å². The Morgan fingerprint density at radius 3 is 1.75 bits per heavy atom. The molecule has 1 heterocycles. The van der Waals surface area contributed by atoms with Gasteiger partial charge in [0.05, 0.1) is 0 Å². The van der Waals surface area contributed by atoms with Gasteiger partial charge in [0.25, 0.3) is 0 Å². The Labute approximate surface area is 186 Å². The van der Waals surface area contributed by atoms with E-state index in [-0.39, 0.29) is 0 Å². The van der Waals surface area contributed by atoms with Gasteiger partial charge in [0.1, 0.15) is 10.8 Å². The Kier molecular flexibility index (Phi) is 3.68. The molecule has 1 aliphatic heterocycles. The van der Waals surface area contributed by atoms with Crippen LogP contribution >= 0.6 is 0 Å². The van der Waals surface area contributed by atoms with Crippen molar-refractivity contribution in [3.63, 3.8) is 0 Å². The summed E-state index contributed by atoms with van der Waals surface area (Å²) in [5.41, 5.74) is 4.45. The van der Waals surface area contributed by atoms with Crippen LogP contribution in [-0.2, 0) is 25.2 Å². The largest absolute Gasteiger partial charge is 0.391 e. The summed E-state index contributed by atoms with van der Waals surface area (Å²) in [6, 6.07) is 23.6. The van der Waals surface area contributed by atoms with Gasteiger partial charge in [0, 0.05) is 0 Å². The number of benzene rings is 3. The highest BCUT2D eigenvalue weighted by molar-refractivity contribution is 6.19. The highest BCUT2D eigenvalue weighted by atomic mass is 16.6. The molecule has 3 aromatic rings. The molecule has 3 heteroatoms. The molecule has 1 fully saturated rings. The van der Waals surface area contributed by atoms with Gasteiger partial charge in [-0.05, 0) is 51.5 Å². The monoisotopic (exact) mass is 416 g/mol. The van der Waals surface area contributed by atoms with Crippen molar-refractivity contribution in [3.8, 4) is 11.1 Å². The van der Waals surface area contributed by atoms with Crippen LogP contribution in [0, 0.1) is 0 Å². The van der Waals surface area contributed by atoms with Gasteiger partial charge in [0.2, 0.25) is 0 Å². The summed E-state index contributed by atoms with van der Waals surface area (Å²) in [4.78, 5) is 27.9. The minimum Gasteiger partial charge on any atom is -0.391 e. The number of ether oxygens (including phenoxy) is 1. The Bertz CT molecular complexity index is 1380. The third kappa shape index (κ3) is 1.84. The second-order valence-corrected chi connectivity index (χ2v) is 8.45. The first-order chi connectivity index (χ1) is 15.6. The van der Waals surface area contributed by atoms with Crippen LogP contribution < -0.4 is 0 Å². The molecule has 2 aliphatic carbocycles. The van der Waals surface area contributed by atoms with Crippen LogP contribution in [0.1, 0.15) is 29.2 Å². The number of carbonyl (C=O) groups is 2. The van der Waals surface area contributed by atoms with E-state index < -0.39 is 22.8 Å². The summed E-state index contributed by atoms with van der Waals surface area (Å²) >= 11 is 0. The maximum Gasteiger partial charge on any atom is 0.330 e. The molecular formula is C29H20O3. The second kappa shape index (κ2) is 6.27. The molecule has 1 saturated heterocycles. The molecule has 1 atom stereocenters. The number of allylic oxidation sites excluding steroid dienone is 4. The summed E-state index contributed by atoms with van der Waals surface area (Å²) in [5, 5.41) is 0. The summed E-state index contributed by atoms with van der Waals surface area (Å²) < 4.78 is 5.59. The van der Waals surface area contributed by atoms with Crippen molar-refractivity contribution in [3.05, 3.63) is 125 Å². The average Bonchev–Trinajstić information content (AvgIpc) is 3.35. The number of fused-ring (bicyclic) bond motifs is 8. The van der Waals surface area contributed by atoms with Gasteiger partial charge >= 0.3 is 11.9 Å². The van der Waals surface area contributed by atoms with Crippen LogP contribution in [0.2, 0.25) is 0 Å². The summed E-state index contributed by atoms with van der Waals surface area (Å²) in [7, 11) is 0. The predicted molar refractivity (Wildman–Crippen MR) is 124 cm³/mol. The number of esters is 2.